The van der Waals surface area contributed by atoms with E-state index >= 15 is 0 Å². The second kappa shape index (κ2) is 5.76. The SMILES string of the molecule is CCCC(NC)c1ccc(N(C)C)cc1. The van der Waals surface area contributed by atoms with Gasteiger partial charge >= 0.3 is 0 Å². The number of hydrogen-bond donors (Lipinski definition) is 1. The van der Waals surface area contributed by atoms with E-state index in [1.165, 1.54) is 24.1 Å². The highest BCUT2D eigenvalue weighted by Gasteiger charge is 2.07. The van der Waals surface area contributed by atoms with Crippen molar-refractivity contribution in [3.63, 3.8) is 0 Å². The zero-order valence-corrected chi connectivity index (χ0v) is 10.2. The summed E-state index contributed by atoms with van der Waals surface area (Å²) in [5, 5.41) is 3.35. The van der Waals surface area contributed by atoms with E-state index in [1.807, 2.05) is 7.05 Å². The van der Waals surface area contributed by atoms with Gasteiger partial charge in [-0.05, 0) is 31.2 Å². The molecule has 2 heteroatoms. The maximum Gasteiger partial charge on any atom is 0.0361 e. The van der Waals surface area contributed by atoms with Gasteiger partial charge in [-0.3, -0.25) is 0 Å². The summed E-state index contributed by atoms with van der Waals surface area (Å²) >= 11 is 0. The first-order valence-electron chi connectivity index (χ1n) is 5.63. The largest absolute Gasteiger partial charge is 0.378 e. The van der Waals surface area contributed by atoms with Gasteiger partial charge in [-0.1, -0.05) is 25.5 Å². The first-order chi connectivity index (χ1) is 7.19. The summed E-state index contributed by atoms with van der Waals surface area (Å²) in [6.45, 7) is 2.22. The summed E-state index contributed by atoms with van der Waals surface area (Å²) in [4.78, 5) is 2.12. The second-order valence-electron chi connectivity index (χ2n) is 4.12. The Labute approximate surface area is 93.3 Å². The molecule has 84 valence electrons. The maximum absolute atomic E-state index is 3.35. The minimum Gasteiger partial charge on any atom is -0.378 e. The molecule has 1 rings (SSSR count). The van der Waals surface area contributed by atoms with Gasteiger partial charge in [-0.2, -0.15) is 0 Å². The summed E-state index contributed by atoms with van der Waals surface area (Å²) < 4.78 is 0. The molecule has 0 aliphatic rings. The smallest absolute Gasteiger partial charge is 0.0361 e. The third kappa shape index (κ3) is 3.24. The molecule has 0 heterocycles. The lowest BCUT2D eigenvalue weighted by atomic mass is 10.0. The molecule has 0 amide bonds. The fourth-order valence-corrected chi connectivity index (χ4v) is 1.77. The molecule has 0 radical (unpaired) electrons. The minimum atomic E-state index is 0.492. The average Bonchev–Trinajstić information content (AvgIpc) is 2.26. The minimum absolute atomic E-state index is 0.492. The van der Waals surface area contributed by atoms with Crippen molar-refractivity contribution in [2.75, 3.05) is 26.0 Å². The predicted octanol–water partition coefficient (Wildman–Crippen LogP) is 2.81. The molecule has 1 N–H and O–H groups in total. The van der Waals surface area contributed by atoms with Crippen LogP contribution >= 0.6 is 0 Å². The van der Waals surface area contributed by atoms with Crippen LogP contribution in [0.4, 0.5) is 5.69 Å². The molecule has 0 fully saturated rings. The molecular formula is C13H22N2. The van der Waals surface area contributed by atoms with Gasteiger partial charge in [0, 0.05) is 25.8 Å². The standard InChI is InChI=1S/C13H22N2/c1-5-6-13(14-2)11-7-9-12(10-8-11)15(3)4/h7-10,13-14H,5-6H2,1-4H3. The molecule has 0 aliphatic carbocycles. The van der Waals surface area contributed by atoms with E-state index < -0.39 is 0 Å². The van der Waals surface area contributed by atoms with Gasteiger partial charge in [0.05, 0.1) is 0 Å². The van der Waals surface area contributed by atoms with Crippen molar-refractivity contribution >= 4 is 5.69 Å². The normalized spacial score (nSPS) is 12.5. The Bertz CT molecular complexity index is 277. The Balaban J connectivity index is 2.77. The third-order valence-electron chi connectivity index (χ3n) is 2.74. The zero-order chi connectivity index (χ0) is 11.3. The highest BCUT2D eigenvalue weighted by molar-refractivity contribution is 5.46. The molecule has 0 bridgehead atoms. The van der Waals surface area contributed by atoms with Crippen molar-refractivity contribution in [2.24, 2.45) is 0 Å². The van der Waals surface area contributed by atoms with Gasteiger partial charge in [0.25, 0.3) is 0 Å². The van der Waals surface area contributed by atoms with Gasteiger partial charge < -0.3 is 10.2 Å². The van der Waals surface area contributed by atoms with Crippen molar-refractivity contribution in [2.45, 2.75) is 25.8 Å². The molecule has 2 nitrogen and oxygen atoms in total. The Hall–Kier alpha value is -1.02. The second-order valence-corrected chi connectivity index (χ2v) is 4.12. The molecular weight excluding hydrogens is 184 g/mol. The molecule has 0 aliphatic heterocycles. The summed E-state index contributed by atoms with van der Waals surface area (Å²) in [5.74, 6) is 0. The summed E-state index contributed by atoms with van der Waals surface area (Å²) in [5.41, 5.74) is 2.63. The molecule has 1 aromatic carbocycles. The van der Waals surface area contributed by atoms with E-state index in [0.717, 1.165) is 0 Å². The van der Waals surface area contributed by atoms with E-state index in [0.29, 0.717) is 6.04 Å². The van der Waals surface area contributed by atoms with Crippen LogP contribution in [-0.4, -0.2) is 21.1 Å². The van der Waals surface area contributed by atoms with Crippen molar-refractivity contribution in [3.8, 4) is 0 Å². The zero-order valence-electron chi connectivity index (χ0n) is 10.2. The highest BCUT2D eigenvalue weighted by Crippen LogP contribution is 2.20. The quantitative estimate of drug-likeness (QED) is 0.797. The lowest BCUT2D eigenvalue weighted by molar-refractivity contribution is 0.541. The van der Waals surface area contributed by atoms with Crippen LogP contribution in [0, 0.1) is 0 Å². The van der Waals surface area contributed by atoms with E-state index in [1.54, 1.807) is 0 Å². The van der Waals surface area contributed by atoms with Gasteiger partial charge in [-0.25, -0.2) is 0 Å². The van der Waals surface area contributed by atoms with Gasteiger partial charge in [0.2, 0.25) is 0 Å². The monoisotopic (exact) mass is 206 g/mol. The molecule has 0 saturated carbocycles. The van der Waals surface area contributed by atoms with Crippen LogP contribution in [-0.2, 0) is 0 Å². The van der Waals surface area contributed by atoms with E-state index in [-0.39, 0.29) is 0 Å². The van der Waals surface area contributed by atoms with E-state index in [2.05, 4.69) is 55.5 Å². The van der Waals surface area contributed by atoms with Crippen LogP contribution < -0.4 is 10.2 Å². The van der Waals surface area contributed by atoms with Crippen molar-refractivity contribution in [3.05, 3.63) is 29.8 Å². The lowest BCUT2D eigenvalue weighted by Gasteiger charge is -2.18. The Morgan fingerprint density at radius 1 is 1.20 bits per heavy atom. The van der Waals surface area contributed by atoms with Crippen LogP contribution in [0.5, 0.6) is 0 Å². The fraction of sp³-hybridized carbons (Fsp3) is 0.538. The van der Waals surface area contributed by atoms with Gasteiger partial charge in [0.15, 0.2) is 0 Å². The number of nitrogens with one attached hydrogen (secondary N) is 1. The number of anilines is 1. The van der Waals surface area contributed by atoms with Crippen molar-refractivity contribution < 1.29 is 0 Å². The predicted molar refractivity (Wildman–Crippen MR) is 67.5 cm³/mol. The van der Waals surface area contributed by atoms with E-state index in [4.69, 9.17) is 0 Å². The van der Waals surface area contributed by atoms with Crippen LogP contribution in [0.15, 0.2) is 24.3 Å². The fourth-order valence-electron chi connectivity index (χ4n) is 1.77. The molecule has 0 saturated heterocycles. The first kappa shape index (κ1) is 12.1. The topological polar surface area (TPSA) is 15.3 Å². The summed E-state index contributed by atoms with van der Waals surface area (Å²) in [6, 6.07) is 9.27. The summed E-state index contributed by atoms with van der Waals surface area (Å²) in [6.07, 6.45) is 2.40. The lowest BCUT2D eigenvalue weighted by Crippen LogP contribution is -2.16. The van der Waals surface area contributed by atoms with Crippen LogP contribution in [0.25, 0.3) is 0 Å². The van der Waals surface area contributed by atoms with Gasteiger partial charge in [0.1, 0.15) is 0 Å². The van der Waals surface area contributed by atoms with Crippen LogP contribution in [0.2, 0.25) is 0 Å². The van der Waals surface area contributed by atoms with Gasteiger partial charge in [-0.15, -0.1) is 0 Å². The summed E-state index contributed by atoms with van der Waals surface area (Å²) in [7, 11) is 6.16. The van der Waals surface area contributed by atoms with Crippen LogP contribution in [0.3, 0.4) is 0 Å². The van der Waals surface area contributed by atoms with Crippen molar-refractivity contribution in [1.82, 2.24) is 5.32 Å². The molecule has 1 aromatic rings. The number of nitrogens with zero attached hydrogens (tertiary/aromatic N) is 1. The molecule has 1 unspecified atom stereocenters. The molecule has 1 atom stereocenters. The molecule has 0 spiro atoms. The first-order valence-corrected chi connectivity index (χ1v) is 5.63. The average molecular weight is 206 g/mol. The molecule has 0 aromatic heterocycles. The molecule has 15 heavy (non-hydrogen) atoms. The number of benzene rings is 1. The van der Waals surface area contributed by atoms with Crippen molar-refractivity contribution in [1.29, 1.82) is 0 Å². The number of rotatable bonds is 5. The Kier molecular flexibility index (Phi) is 4.63. The van der Waals surface area contributed by atoms with E-state index in [9.17, 15) is 0 Å². The number of hydrogen-bond acceptors (Lipinski definition) is 2. The Morgan fingerprint density at radius 3 is 2.20 bits per heavy atom. The highest BCUT2D eigenvalue weighted by atomic mass is 15.1. The van der Waals surface area contributed by atoms with Crippen LogP contribution in [0.1, 0.15) is 31.4 Å². The maximum atomic E-state index is 3.35. The third-order valence-corrected chi connectivity index (χ3v) is 2.74. The Morgan fingerprint density at radius 2 is 1.80 bits per heavy atom.